The van der Waals surface area contributed by atoms with Gasteiger partial charge in [0.25, 0.3) is 5.70 Å². The zero-order valence-electron chi connectivity index (χ0n) is 11.1. The Kier molecular flexibility index (Phi) is 2.90. The van der Waals surface area contributed by atoms with Gasteiger partial charge in [0.1, 0.15) is 12.1 Å². The van der Waals surface area contributed by atoms with Gasteiger partial charge >= 0.3 is 0 Å². The van der Waals surface area contributed by atoms with E-state index in [1.165, 1.54) is 0 Å². The molecule has 0 amide bonds. The van der Waals surface area contributed by atoms with Crippen LogP contribution in [-0.2, 0) is 0 Å². The lowest BCUT2D eigenvalue weighted by Gasteiger charge is -2.03. The molecule has 0 fully saturated rings. The number of pyridine rings is 1. The monoisotopic (exact) mass is 279 g/mol. The predicted molar refractivity (Wildman–Crippen MR) is 77.3 cm³/mol. The van der Waals surface area contributed by atoms with Crippen molar-refractivity contribution in [3.63, 3.8) is 0 Å². The topological polar surface area (TPSA) is 88.6 Å². The predicted octanol–water partition coefficient (Wildman–Crippen LogP) is 3.01. The average molecular weight is 279 g/mol. The Morgan fingerprint density at radius 1 is 1.05 bits per heavy atom. The van der Waals surface area contributed by atoms with E-state index in [4.69, 9.17) is 17.1 Å². The summed E-state index contributed by atoms with van der Waals surface area (Å²) >= 11 is 0. The third-order valence-electron chi connectivity index (χ3n) is 3.43. The Hall–Kier alpha value is -3.93. The first kappa shape index (κ1) is 13.1. The molecule has 3 rings (SSSR count). The normalized spacial score (nSPS) is 12.9. The van der Waals surface area contributed by atoms with Crippen LogP contribution in [0.1, 0.15) is 22.5 Å². The Labute approximate surface area is 126 Å². The summed E-state index contributed by atoms with van der Waals surface area (Å²) in [6.07, 6.45) is 0. The Balaban J connectivity index is 2.50. The van der Waals surface area contributed by atoms with E-state index in [1.807, 2.05) is 30.3 Å². The van der Waals surface area contributed by atoms with Gasteiger partial charge in [-0.1, -0.05) is 24.3 Å². The molecule has 0 atom stereocenters. The molecule has 0 unspecified atom stereocenters. The molecular formula is C17H5N5. The van der Waals surface area contributed by atoms with Crippen LogP contribution in [0.5, 0.6) is 0 Å². The van der Waals surface area contributed by atoms with Gasteiger partial charge in [0.15, 0.2) is 5.69 Å². The lowest BCUT2D eigenvalue weighted by atomic mass is 10.0. The standard InChI is InChI=1S/C17H5N5/c1-21-15(9-20)16-12-5-3-2-4-11(12)13-6-10(7-18)14(8-19)22-17(13)16/h2-6H. The minimum atomic E-state index is -0.0766. The number of aromatic nitrogens is 1. The van der Waals surface area contributed by atoms with Crippen LogP contribution in [0.4, 0.5) is 0 Å². The first-order chi connectivity index (χ1) is 10.7. The highest BCUT2D eigenvalue weighted by Crippen LogP contribution is 2.45. The zero-order valence-corrected chi connectivity index (χ0v) is 11.1. The lowest BCUT2D eigenvalue weighted by Crippen LogP contribution is -1.96. The maximum absolute atomic E-state index is 9.20. The molecule has 1 aromatic carbocycles. The van der Waals surface area contributed by atoms with Gasteiger partial charge in [0.2, 0.25) is 0 Å². The first-order valence-electron chi connectivity index (χ1n) is 6.22. The molecule has 0 saturated heterocycles. The molecule has 0 radical (unpaired) electrons. The zero-order chi connectivity index (χ0) is 15.7. The maximum Gasteiger partial charge on any atom is 0.271 e. The Bertz CT molecular complexity index is 1000. The third kappa shape index (κ3) is 1.65. The van der Waals surface area contributed by atoms with Crippen molar-refractivity contribution in [2.45, 2.75) is 0 Å². The van der Waals surface area contributed by atoms with Crippen molar-refractivity contribution in [1.82, 2.24) is 4.98 Å². The number of rotatable bonds is 0. The Morgan fingerprint density at radius 2 is 1.77 bits per heavy atom. The van der Waals surface area contributed by atoms with Crippen LogP contribution in [0.15, 0.2) is 36.0 Å². The molecule has 22 heavy (non-hydrogen) atoms. The average Bonchev–Trinajstić information content (AvgIpc) is 2.89. The fourth-order valence-corrected chi connectivity index (χ4v) is 2.52. The Morgan fingerprint density at radius 3 is 2.36 bits per heavy atom. The molecule has 0 saturated carbocycles. The second kappa shape index (κ2) is 4.88. The molecule has 0 spiro atoms. The molecule has 1 aromatic heterocycles. The molecule has 5 heteroatoms. The molecule has 5 nitrogen and oxygen atoms in total. The summed E-state index contributed by atoms with van der Waals surface area (Å²) in [5, 5.41) is 27.5. The first-order valence-corrected chi connectivity index (χ1v) is 6.22. The number of nitriles is 3. The van der Waals surface area contributed by atoms with Crippen LogP contribution >= 0.6 is 0 Å². The second-order valence-corrected chi connectivity index (χ2v) is 4.50. The summed E-state index contributed by atoms with van der Waals surface area (Å²) in [6, 6.07) is 14.6. The van der Waals surface area contributed by atoms with Gasteiger partial charge in [-0.2, -0.15) is 10.5 Å². The van der Waals surface area contributed by atoms with E-state index < -0.39 is 0 Å². The number of hydrogen-bond donors (Lipinski definition) is 0. The smallest absolute Gasteiger partial charge is 0.236 e. The van der Waals surface area contributed by atoms with Crippen LogP contribution in [0.3, 0.4) is 0 Å². The van der Waals surface area contributed by atoms with Crippen molar-refractivity contribution >= 4 is 5.57 Å². The van der Waals surface area contributed by atoms with E-state index in [0.29, 0.717) is 16.8 Å². The highest BCUT2D eigenvalue weighted by Gasteiger charge is 2.29. The second-order valence-electron chi connectivity index (χ2n) is 4.50. The van der Waals surface area contributed by atoms with Crippen molar-refractivity contribution in [2.24, 2.45) is 0 Å². The van der Waals surface area contributed by atoms with Crippen molar-refractivity contribution in [3.05, 3.63) is 70.0 Å². The highest BCUT2D eigenvalue weighted by atomic mass is 14.8. The van der Waals surface area contributed by atoms with Crippen LogP contribution in [-0.4, -0.2) is 4.98 Å². The summed E-state index contributed by atoms with van der Waals surface area (Å²) in [5.74, 6) is 0. The van der Waals surface area contributed by atoms with Gasteiger partial charge in [-0.05, 0) is 17.2 Å². The van der Waals surface area contributed by atoms with Crippen LogP contribution < -0.4 is 0 Å². The van der Waals surface area contributed by atoms with Gasteiger partial charge in [-0.3, -0.25) is 0 Å². The molecule has 1 heterocycles. The van der Waals surface area contributed by atoms with Gasteiger partial charge in [0, 0.05) is 11.1 Å². The van der Waals surface area contributed by atoms with Gasteiger partial charge in [0.05, 0.1) is 23.9 Å². The number of benzene rings is 1. The fourth-order valence-electron chi connectivity index (χ4n) is 2.52. The third-order valence-corrected chi connectivity index (χ3v) is 3.43. The van der Waals surface area contributed by atoms with E-state index in [1.54, 1.807) is 18.2 Å². The highest BCUT2D eigenvalue weighted by molar-refractivity contribution is 6.02. The molecule has 1 aliphatic rings. The molecule has 2 aromatic rings. The van der Waals surface area contributed by atoms with E-state index in [2.05, 4.69) is 9.83 Å². The number of hydrogen-bond acceptors (Lipinski definition) is 4. The molecule has 1 aliphatic carbocycles. The number of allylic oxidation sites excluding steroid dienone is 1. The maximum atomic E-state index is 9.20. The van der Waals surface area contributed by atoms with E-state index >= 15 is 0 Å². The van der Waals surface area contributed by atoms with Crippen LogP contribution in [0.2, 0.25) is 0 Å². The van der Waals surface area contributed by atoms with Gasteiger partial charge in [-0.15, -0.1) is 0 Å². The quantitative estimate of drug-likeness (QED) is 0.467. The largest absolute Gasteiger partial charge is 0.271 e. The van der Waals surface area contributed by atoms with Crippen molar-refractivity contribution in [3.8, 4) is 29.3 Å². The minimum Gasteiger partial charge on any atom is -0.236 e. The molecule has 98 valence electrons. The van der Waals surface area contributed by atoms with Crippen LogP contribution in [0, 0.1) is 40.6 Å². The summed E-state index contributed by atoms with van der Waals surface area (Å²) in [6.45, 7) is 7.18. The minimum absolute atomic E-state index is 0.00572. The lowest BCUT2D eigenvalue weighted by molar-refractivity contribution is 1.22. The van der Waals surface area contributed by atoms with Crippen molar-refractivity contribution < 1.29 is 0 Å². The molecule has 0 N–H and O–H groups in total. The molecule has 0 aliphatic heterocycles. The van der Waals surface area contributed by atoms with Crippen molar-refractivity contribution in [1.29, 1.82) is 15.8 Å². The van der Waals surface area contributed by atoms with E-state index in [9.17, 15) is 5.26 Å². The van der Waals surface area contributed by atoms with Crippen LogP contribution in [0.25, 0.3) is 21.5 Å². The molecular weight excluding hydrogens is 274 g/mol. The van der Waals surface area contributed by atoms with Gasteiger partial charge < -0.3 is 0 Å². The van der Waals surface area contributed by atoms with Gasteiger partial charge in [-0.25, -0.2) is 15.1 Å². The summed E-state index contributed by atoms with van der Waals surface area (Å²) in [7, 11) is 0. The van der Waals surface area contributed by atoms with Crippen molar-refractivity contribution in [2.75, 3.05) is 0 Å². The SMILES string of the molecule is [C-]#[N+]C(C#N)=C1c2ccccc2-c2cc(C#N)c(C#N)nc21. The summed E-state index contributed by atoms with van der Waals surface area (Å²) < 4.78 is 0. The number of nitrogens with zero attached hydrogens (tertiary/aromatic N) is 5. The molecule has 0 bridgehead atoms. The van der Waals surface area contributed by atoms with E-state index in [0.717, 1.165) is 11.1 Å². The summed E-state index contributed by atoms with van der Waals surface area (Å²) in [5.41, 5.74) is 3.11. The fraction of sp³-hybridized carbons (Fsp3) is 0. The van der Waals surface area contributed by atoms with E-state index in [-0.39, 0.29) is 17.0 Å². The number of fused-ring (bicyclic) bond motifs is 3. The summed E-state index contributed by atoms with van der Waals surface area (Å²) in [4.78, 5) is 7.48.